The number of ketones is 1. The summed E-state index contributed by atoms with van der Waals surface area (Å²) in [5.74, 6) is 0.453. The topological polar surface area (TPSA) is 55.3 Å². The van der Waals surface area contributed by atoms with Crippen LogP contribution in [0.1, 0.15) is 50.2 Å². The molecule has 0 unspecified atom stereocenters. The van der Waals surface area contributed by atoms with E-state index in [-0.39, 0.29) is 10.8 Å². The van der Waals surface area contributed by atoms with Crippen LogP contribution in [0.4, 0.5) is 5.69 Å². The first-order chi connectivity index (χ1) is 14.0. The molecule has 0 spiro atoms. The summed E-state index contributed by atoms with van der Waals surface area (Å²) in [6.45, 7) is 15.7. The molecule has 0 bridgehead atoms. The number of hydrogen-bond acceptors (Lipinski definition) is 6. The van der Waals surface area contributed by atoms with E-state index in [1.54, 1.807) is 5.38 Å². The summed E-state index contributed by atoms with van der Waals surface area (Å²) >= 11 is 4.76. The number of aromatic nitrogens is 2. The number of anilines is 1. The molecule has 0 saturated carbocycles. The van der Waals surface area contributed by atoms with Crippen molar-refractivity contribution in [2.24, 2.45) is 5.92 Å². The molecule has 1 aliphatic rings. The van der Waals surface area contributed by atoms with E-state index in [0.717, 1.165) is 34.7 Å². The van der Waals surface area contributed by atoms with E-state index in [1.165, 1.54) is 11.3 Å². The van der Waals surface area contributed by atoms with E-state index in [9.17, 15) is 4.79 Å². The van der Waals surface area contributed by atoms with Crippen LogP contribution in [-0.2, 0) is 10.8 Å². The minimum Gasteiger partial charge on any atom is -0.414 e. The Balaban J connectivity index is 1.70. The number of carbonyl (C=O) groups is 1. The molecule has 1 saturated heterocycles. The molecule has 2 aromatic heterocycles. The molecule has 30 heavy (non-hydrogen) atoms. The zero-order valence-electron chi connectivity index (χ0n) is 18.7. The van der Waals surface area contributed by atoms with Crippen molar-refractivity contribution in [3.8, 4) is 0 Å². The van der Waals surface area contributed by atoms with Gasteiger partial charge in [-0.3, -0.25) is 9.78 Å². The summed E-state index contributed by atoms with van der Waals surface area (Å²) in [4.78, 5) is 23.6. The fraction of sp³-hybridized carbons (Fsp3) is 0.591. The smallest absolute Gasteiger partial charge is 0.192 e. The zero-order chi connectivity index (χ0) is 22.1. The number of carbonyl (C=O) groups excluding carboxylic acids is 1. The van der Waals surface area contributed by atoms with Gasteiger partial charge < -0.3 is 9.33 Å². The van der Waals surface area contributed by atoms with Crippen LogP contribution < -0.4 is 4.90 Å². The standard InChI is InChI=1S/C22H32BrN3O2SSi/c1-15-13-26(10-8-20(15)28-30(5,6)22(2,3)4)18-7-9-24-12-16(18)11-19(27)17-14-29-21(23)25-17/h7,9,12,14-15,20H,8,10-11,13H2,1-6H3/t15-,20-/m1/s1. The average Bonchev–Trinajstić information content (AvgIpc) is 3.09. The third kappa shape index (κ3) is 5.39. The highest BCUT2D eigenvalue weighted by atomic mass is 79.9. The fourth-order valence-corrected chi connectivity index (χ4v) is 6.06. The first-order valence-electron chi connectivity index (χ1n) is 10.5. The lowest BCUT2D eigenvalue weighted by Gasteiger charge is -2.45. The van der Waals surface area contributed by atoms with Gasteiger partial charge in [-0.2, -0.15) is 0 Å². The second-order valence-electron chi connectivity index (χ2n) is 9.72. The van der Waals surface area contributed by atoms with Gasteiger partial charge in [0.25, 0.3) is 0 Å². The summed E-state index contributed by atoms with van der Waals surface area (Å²) in [6.07, 6.45) is 5.24. The maximum absolute atomic E-state index is 12.7. The van der Waals surface area contributed by atoms with E-state index in [0.29, 0.717) is 24.1 Å². The van der Waals surface area contributed by atoms with Crippen LogP contribution in [0.5, 0.6) is 0 Å². The Morgan fingerprint density at radius 3 is 2.73 bits per heavy atom. The monoisotopic (exact) mass is 509 g/mol. The molecule has 1 fully saturated rings. The van der Waals surface area contributed by atoms with Gasteiger partial charge in [0.05, 0.1) is 6.10 Å². The van der Waals surface area contributed by atoms with Crippen molar-refractivity contribution in [2.45, 2.75) is 64.8 Å². The molecule has 3 rings (SSSR count). The third-order valence-electron chi connectivity index (χ3n) is 6.41. The number of hydrogen-bond donors (Lipinski definition) is 0. The van der Waals surface area contributed by atoms with Gasteiger partial charge >= 0.3 is 0 Å². The number of rotatable bonds is 6. The first kappa shape index (κ1) is 23.6. The van der Waals surface area contributed by atoms with Crippen molar-refractivity contribution in [1.29, 1.82) is 0 Å². The van der Waals surface area contributed by atoms with Crippen LogP contribution in [0.3, 0.4) is 0 Å². The predicted molar refractivity (Wildman–Crippen MR) is 130 cm³/mol. The Bertz CT molecular complexity index is 897. The second-order valence-corrected chi connectivity index (χ2v) is 16.6. The SMILES string of the molecule is C[C@@H]1CN(c2ccncc2CC(=O)c2csc(Br)n2)CC[C@H]1O[Si](C)(C)C(C)(C)C. The molecule has 0 radical (unpaired) electrons. The lowest BCUT2D eigenvalue weighted by atomic mass is 9.95. The molecular formula is C22H32BrN3O2SSi. The molecule has 164 valence electrons. The van der Waals surface area contributed by atoms with Crippen LogP contribution in [0, 0.1) is 5.92 Å². The molecular weight excluding hydrogens is 478 g/mol. The van der Waals surface area contributed by atoms with Crippen LogP contribution in [-0.4, -0.2) is 43.3 Å². The van der Waals surface area contributed by atoms with Crippen molar-refractivity contribution in [3.63, 3.8) is 0 Å². The molecule has 1 aliphatic heterocycles. The second kappa shape index (κ2) is 9.18. The van der Waals surface area contributed by atoms with Crippen molar-refractivity contribution in [2.75, 3.05) is 18.0 Å². The van der Waals surface area contributed by atoms with E-state index >= 15 is 0 Å². The van der Waals surface area contributed by atoms with Gasteiger partial charge in [-0.25, -0.2) is 4.98 Å². The maximum Gasteiger partial charge on any atom is 0.192 e. The van der Waals surface area contributed by atoms with Crippen molar-refractivity contribution >= 4 is 47.1 Å². The molecule has 0 aliphatic carbocycles. The largest absolute Gasteiger partial charge is 0.414 e. The number of piperidine rings is 1. The van der Waals surface area contributed by atoms with E-state index in [1.807, 2.05) is 18.5 Å². The highest BCUT2D eigenvalue weighted by molar-refractivity contribution is 9.11. The average molecular weight is 511 g/mol. The van der Waals surface area contributed by atoms with Gasteiger partial charge in [-0.1, -0.05) is 27.7 Å². The van der Waals surface area contributed by atoms with Gasteiger partial charge in [-0.05, 0) is 52.5 Å². The number of halogens is 1. The highest BCUT2D eigenvalue weighted by Gasteiger charge is 2.41. The van der Waals surface area contributed by atoms with Crippen LogP contribution >= 0.6 is 27.3 Å². The maximum atomic E-state index is 12.7. The molecule has 2 aromatic rings. The van der Waals surface area contributed by atoms with Crippen LogP contribution in [0.25, 0.3) is 0 Å². The van der Waals surface area contributed by atoms with Crippen molar-refractivity contribution in [3.05, 3.63) is 39.0 Å². The summed E-state index contributed by atoms with van der Waals surface area (Å²) in [7, 11) is -1.79. The zero-order valence-corrected chi connectivity index (χ0v) is 22.1. The Hall–Kier alpha value is -1.09. The molecule has 0 amide bonds. The summed E-state index contributed by atoms with van der Waals surface area (Å²) in [5.41, 5.74) is 2.57. The number of Topliss-reactive ketones (excluding diaryl/α,β-unsaturated/α-hetero) is 1. The lowest BCUT2D eigenvalue weighted by molar-refractivity contribution is 0.0987. The van der Waals surface area contributed by atoms with Gasteiger partial charge in [-0.15, -0.1) is 11.3 Å². The van der Waals surface area contributed by atoms with E-state index in [4.69, 9.17) is 4.43 Å². The van der Waals surface area contributed by atoms with E-state index in [2.05, 4.69) is 71.6 Å². The number of nitrogens with zero attached hydrogens (tertiary/aromatic N) is 3. The normalized spacial score (nSPS) is 20.4. The van der Waals surface area contributed by atoms with E-state index < -0.39 is 8.32 Å². The molecule has 8 heteroatoms. The Labute approximate surface area is 193 Å². The minimum absolute atomic E-state index is 0.0235. The van der Waals surface area contributed by atoms with Crippen molar-refractivity contribution in [1.82, 2.24) is 9.97 Å². The molecule has 5 nitrogen and oxygen atoms in total. The third-order valence-corrected chi connectivity index (χ3v) is 12.3. The minimum atomic E-state index is -1.79. The Kier molecular flexibility index (Phi) is 7.21. The Morgan fingerprint density at radius 2 is 2.13 bits per heavy atom. The summed E-state index contributed by atoms with van der Waals surface area (Å²) in [6, 6.07) is 2.03. The van der Waals surface area contributed by atoms with Crippen molar-refractivity contribution < 1.29 is 9.22 Å². The van der Waals surface area contributed by atoms with Crippen LogP contribution in [0.15, 0.2) is 27.8 Å². The van der Waals surface area contributed by atoms with Crippen LogP contribution in [0.2, 0.25) is 18.1 Å². The molecule has 3 heterocycles. The van der Waals surface area contributed by atoms with Gasteiger partial charge in [0.15, 0.2) is 18.0 Å². The number of pyridine rings is 1. The van der Waals surface area contributed by atoms with Gasteiger partial charge in [0.1, 0.15) is 5.69 Å². The summed E-state index contributed by atoms with van der Waals surface area (Å²) < 4.78 is 7.46. The highest BCUT2D eigenvalue weighted by Crippen LogP contribution is 2.39. The molecule has 0 N–H and O–H groups in total. The fourth-order valence-electron chi connectivity index (χ4n) is 3.58. The molecule has 2 atom stereocenters. The molecule has 0 aromatic carbocycles. The first-order valence-corrected chi connectivity index (χ1v) is 15.1. The predicted octanol–water partition coefficient (Wildman–Crippen LogP) is 5.96. The Morgan fingerprint density at radius 1 is 1.40 bits per heavy atom. The summed E-state index contributed by atoms with van der Waals surface area (Å²) in [5, 5.41) is 2.02. The van der Waals surface area contributed by atoms with Gasteiger partial charge in [0, 0.05) is 48.5 Å². The number of thiazole rings is 1. The quantitative estimate of drug-likeness (QED) is 0.354. The van der Waals surface area contributed by atoms with Gasteiger partial charge in [0.2, 0.25) is 0 Å². The lowest BCUT2D eigenvalue weighted by Crippen LogP contribution is -2.50.